The highest BCUT2D eigenvalue weighted by Crippen LogP contribution is 2.32. The molecule has 10 heteroatoms. The third-order valence-corrected chi connectivity index (χ3v) is 8.60. The van der Waals surface area contributed by atoms with E-state index in [1.807, 2.05) is 44.2 Å². The first kappa shape index (κ1) is 24.4. The molecule has 1 saturated heterocycles. The Kier molecular flexibility index (Phi) is 6.53. The molecule has 0 amide bonds. The molecule has 0 atom stereocenters. The lowest BCUT2D eigenvalue weighted by Crippen LogP contribution is -2.32. The third kappa shape index (κ3) is 4.73. The summed E-state index contributed by atoms with van der Waals surface area (Å²) < 4.78 is 25.0. The van der Waals surface area contributed by atoms with Gasteiger partial charge in [-0.3, -0.25) is 14.3 Å². The first-order chi connectivity index (χ1) is 17.3. The molecular formula is C26H26ClN5O3S. The van der Waals surface area contributed by atoms with Gasteiger partial charge in [0.15, 0.2) is 0 Å². The van der Waals surface area contributed by atoms with Crippen LogP contribution in [0, 0.1) is 6.92 Å². The van der Waals surface area contributed by atoms with Gasteiger partial charge in [-0.1, -0.05) is 29.8 Å². The number of aryl methyl sites for hydroxylation is 2. The van der Waals surface area contributed by atoms with Gasteiger partial charge >= 0.3 is 0 Å². The smallest absolute Gasteiger partial charge is 0.260 e. The van der Waals surface area contributed by atoms with Gasteiger partial charge in [0.1, 0.15) is 15.5 Å². The van der Waals surface area contributed by atoms with Gasteiger partial charge in [-0.2, -0.15) is 4.98 Å². The summed E-state index contributed by atoms with van der Waals surface area (Å²) in [6.07, 6.45) is 4.44. The topological polar surface area (TPSA) is 107 Å². The van der Waals surface area contributed by atoms with Crippen molar-refractivity contribution in [1.82, 2.24) is 19.5 Å². The van der Waals surface area contributed by atoms with E-state index in [1.54, 1.807) is 23.0 Å². The van der Waals surface area contributed by atoms with E-state index in [4.69, 9.17) is 11.6 Å². The fourth-order valence-corrected chi connectivity index (χ4v) is 6.37. The first-order valence-corrected chi connectivity index (χ1v) is 14.0. The van der Waals surface area contributed by atoms with Crippen molar-refractivity contribution in [2.45, 2.75) is 39.3 Å². The Balaban J connectivity index is 1.51. The molecule has 5 rings (SSSR count). The zero-order valence-corrected chi connectivity index (χ0v) is 21.6. The van der Waals surface area contributed by atoms with Crippen molar-refractivity contribution < 1.29 is 8.42 Å². The van der Waals surface area contributed by atoms with Crippen molar-refractivity contribution in [2.75, 3.05) is 16.8 Å². The summed E-state index contributed by atoms with van der Waals surface area (Å²) in [5.41, 5.74) is 4.20. The Labute approximate surface area is 214 Å². The zero-order valence-electron chi connectivity index (χ0n) is 20.0. The lowest BCUT2D eigenvalue weighted by molar-refractivity contribution is 0.558. The normalized spacial score (nSPS) is 15.8. The van der Waals surface area contributed by atoms with Crippen LogP contribution < -0.4 is 10.9 Å². The lowest BCUT2D eigenvalue weighted by atomic mass is 10.0. The molecule has 1 fully saturated rings. The van der Waals surface area contributed by atoms with Crippen LogP contribution >= 0.6 is 11.6 Å². The molecule has 1 aliphatic heterocycles. The summed E-state index contributed by atoms with van der Waals surface area (Å²) in [6.45, 7) is 4.30. The monoisotopic (exact) mass is 523 g/mol. The fourth-order valence-electron chi connectivity index (χ4n) is 4.60. The Morgan fingerprint density at radius 2 is 1.89 bits per heavy atom. The number of hydrogen-bond acceptors (Lipinski definition) is 7. The number of sulfone groups is 1. The minimum Gasteiger partial charge on any atom is -0.351 e. The highest BCUT2D eigenvalue weighted by Gasteiger charge is 2.24. The maximum Gasteiger partial charge on any atom is 0.260 e. The molecule has 0 radical (unpaired) electrons. The molecule has 0 spiro atoms. The van der Waals surface area contributed by atoms with Gasteiger partial charge in [-0.15, -0.1) is 0 Å². The average Bonchev–Trinajstić information content (AvgIpc) is 2.85. The average molecular weight is 524 g/mol. The largest absolute Gasteiger partial charge is 0.351 e. The molecule has 4 aromatic rings. The maximum absolute atomic E-state index is 13.5. The molecule has 186 valence electrons. The minimum absolute atomic E-state index is 0.0212. The zero-order chi connectivity index (χ0) is 25.4. The van der Waals surface area contributed by atoms with Gasteiger partial charge in [0.2, 0.25) is 5.95 Å². The molecule has 36 heavy (non-hydrogen) atoms. The van der Waals surface area contributed by atoms with Gasteiger partial charge in [-0.25, -0.2) is 13.4 Å². The van der Waals surface area contributed by atoms with Crippen molar-refractivity contribution in [3.05, 3.63) is 69.7 Å². The maximum atomic E-state index is 13.5. The second-order valence-corrected chi connectivity index (χ2v) is 11.7. The van der Waals surface area contributed by atoms with Crippen LogP contribution in [0.2, 0.25) is 5.02 Å². The van der Waals surface area contributed by atoms with E-state index in [1.165, 1.54) is 0 Å². The summed E-state index contributed by atoms with van der Waals surface area (Å²) in [4.78, 5) is 27.0. The van der Waals surface area contributed by atoms with Crippen LogP contribution in [0.4, 0.5) is 5.95 Å². The van der Waals surface area contributed by atoms with Gasteiger partial charge in [0, 0.05) is 52.1 Å². The minimum atomic E-state index is -2.95. The second kappa shape index (κ2) is 9.63. The van der Waals surface area contributed by atoms with E-state index in [0.29, 0.717) is 52.5 Å². The van der Waals surface area contributed by atoms with Crippen LogP contribution in [0.25, 0.3) is 33.4 Å². The number of fused-ring (bicyclic) bond motifs is 1. The Hall–Kier alpha value is -3.30. The Morgan fingerprint density at radius 3 is 2.58 bits per heavy atom. The van der Waals surface area contributed by atoms with Crippen LogP contribution in [0.5, 0.6) is 0 Å². The van der Waals surface area contributed by atoms with Crippen LogP contribution in [0.3, 0.4) is 0 Å². The lowest BCUT2D eigenvalue weighted by Gasteiger charge is -2.23. The molecule has 0 unspecified atom stereocenters. The number of pyridine rings is 2. The predicted octanol–water partition coefficient (Wildman–Crippen LogP) is 4.49. The number of rotatable bonds is 5. The Morgan fingerprint density at radius 1 is 1.11 bits per heavy atom. The van der Waals surface area contributed by atoms with Crippen molar-refractivity contribution in [2.24, 2.45) is 0 Å². The predicted molar refractivity (Wildman–Crippen MR) is 143 cm³/mol. The molecular weight excluding hydrogens is 498 g/mol. The highest BCUT2D eigenvalue weighted by molar-refractivity contribution is 7.91. The molecule has 0 aliphatic carbocycles. The van der Waals surface area contributed by atoms with Gasteiger partial charge in [0.05, 0.1) is 17.2 Å². The number of nitrogens with zero attached hydrogens (tertiary/aromatic N) is 4. The molecule has 1 aromatic carbocycles. The van der Waals surface area contributed by atoms with Crippen LogP contribution in [-0.2, 0) is 16.4 Å². The number of nitrogens with one attached hydrogen (secondary N) is 1. The molecule has 1 aliphatic rings. The summed E-state index contributed by atoms with van der Waals surface area (Å²) in [5, 5.41) is 4.41. The first-order valence-electron chi connectivity index (χ1n) is 11.8. The number of benzene rings is 1. The van der Waals surface area contributed by atoms with E-state index < -0.39 is 9.84 Å². The van der Waals surface area contributed by atoms with Crippen LogP contribution in [0.1, 0.15) is 25.3 Å². The van der Waals surface area contributed by atoms with Crippen molar-refractivity contribution >= 4 is 38.4 Å². The van der Waals surface area contributed by atoms with E-state index in [0.717, 1.165) is 16.8 Å². The van der Waals surface area contributed by atoms with Crippen molar-refractivity contribution in [1.29, 1.82) is 0 Å². The molecule has 0 bridgehead atoms. The van der Waals surface area contributed by atoms with E-state index in [-0.39, 0.29) is 23.1 Å². The molecule has 8 nitrogen and oxygen atoms in total. The summed E-state index contributed by atoms with van der Waals surface area (Å²) in [5.74, 6) is 0.691. The summed E-state index contributed by atoms with van der Waals surface area (Å²) >= 11 is 6.68. The molecule has 1 N–H and O–H groups in total. The fraction of sp³-hybridized carbons (Fsp3) is 0.308. The molecule has 3 aromatic heterocycles. The van der Waals surface area contributed by atoms with E-state index in [2.05, 4.69) is 20.3 Å². The third-order valence-electron chi connectivity index (χ3n) is 6.57. The Bertz CT molecular complexity index is 1620. The highest BCUT2D eigenvalue weighted by atomic mass is 35.5. The number of aromatic nitrogens is 4. The molecule has 4 heterocycles. The number of anilines is 1. The second-order valence-electron chi connectivity index (χ2n) is 9.01. The van der Waals surface area contributed by atoms with Crippen LogP contribution in [-0.4, -0.2) is 45.5 Å². The SMILES string of the molecule is CCn1c(=O)c(-c2ccc(-c3ncccc3C)cc2Cl)cc2cnc(NC3CCS(=O)(=O)CC3)nc21. The number of halogens is 1. The number of hydrogen-bond donors (Lipinski definition) is 1. The van der Waals surface area contributed by atoms with Gasteiger partial charge in [-0.05, 0) is 50.5 Å². The van der Waals surface area contributed by atoms with E-state index >= 15 is 0 Å². The summed E-state index contributed by atoms with van der Waals surface area (Å²) in [6, 6.07) is 11.2. The van der Waals surface area contributed by atoms with Gasteiger partial charge < -0.3 is 5.32 Å². The van der Waals surface area contributed by atoms with E-state index in [9.17, 15) is 13.2 Å². The van der Waals surface area contributed by atoms with Crippen LogP contribution in [0.15, 0.2) is 53.6 Å². The van der Waals surface area contributed by atoms with Crippen molar-refractivity contribution in [3.63, 3.8) is 0 Å². The molecule has 0 saturated carbocycles. The quantitative estimate of drug-likeness (QED) is 0.410. The van der Waals surface area contributed by atoms with Crippen molar-refractivity contribution in [3.8, 4) is 22.4 Å². The summed E-state index contributed by atoms with van der Waals surface area (Å²) in [7, 11) is -2.95. The standard InChI is InChI=1S/C26H26ClN5O3S/c1-3-32-24-18(15-29-26(31-24)30-19-8-11-36(34,35)12-9-19)13-21(25(32)33)20-7-6-17(14-22(20)27)23-16(2)5-4-10-28-23/h4-7,10,13-15,19H,3,8-9,11-12H2,1-2H3,(H,29,30,31). The van der Waals surface area contributed by atoms with Gasteiger partial charge in [0.25, 0.3) is 5.56 Å².